The molecule has 3 fully saturated rings. The van der Waals surface area contributed by atoms with Crippen molar-refractivity contribution in [1.82, 2.24) is 14.9 Å². The summed E-state index contributed by atoms with van der Waals surface area (Å²) in [6.45, 7) is 3.76. The van der Waals surface area contributed by atoms with Crippen LogP contribution in [0.15, 0.2) is 79.0 Å². The molecule has 2 aromatic carbocycles. The average molecular weight is 755 g/mol. The Morgan fingerprint density at radius 3 is 2.42 bits per heavy atom. The fraction of sp³-hybridized carbons (Fsp3) is 0.278. The number of benzene rings is 2. The van der Waals surface area contributed by atoms with Gasteiger partial charge in [-0.15, -0.1) is 6.58 Å². The van der Waals surface area contributed by atoms with Gasteiger partial charge in [0.05, 0.1) is 33.8 Å². The largest absolute Gasteiger partial charge is 0.507 e. The van der Waals surface area contributed by atoms with E-state index in [0.717, 1.165) is 0 Å². The van der Waals surface area contributed by atoms with Crippen LogP contribution in [0.25, 0.3) is 0 Å². The summed E-state index contributed by atoms with van der Waals surface area (Å²) < 4.78 is 40.2. The molecule has 1 aromatic heterocycles. The fourth-order valence-corrected chi connectivity index (χ4v) is 8.84. The predicted octanol–water partition coefficient (Wildman–Crippen LogP) is 5.90. The number of nitrogens with zero attached hydrogens (tertiary/aromatic N) is 3. The van der Waals surface area contributed by atoms with Crippen molar-refractivity contribution < 1.29 is 42.3 Å². The van der Waals surface area contributed by atoms with Gasteiger partial charge in [-0.1, -0.05) is 71.3 Å². The summed E-state index contributed by atoms with van der Waals surface area (Å²) in [6, 6.07) is 10.5. The maximum Gasteiger partial charge on any atom is 0.417 e. The number of imide groups is 4. The summed E-state index contributed by atoms with van der Waals surface area (Å²) in [6.07, 6.45) is -0.949. The monoisotopic (exact) mass is 753 g/mol. The number of pyridine rings is 1. The summed E-state index contributed by atoms with van der Waals surface area (Å²) in [5, 5.41) is 12.3. The third-order valence-electron chi connectivity index (χ3n) is 10.6. The SMILES string of the molecule is C=CCc1cccc(C2C3=CCC4C(=O)N(C(N)=O)C(=O)C4C3CC3C(=O)N(Nc4ncc(C(F)(F)F)cc4Cl)C(=O)C32c2ccc(Cl)cc2)c1O. The number of likely N-dealkylation sites (tertiary alicyclic amines) is 1. The van der Waals surface area contributed by atoms with Crippen LogP contribution >= 0.6 is 23.2 Å². The van der Waals surface area contributed by atoms with E-state index in [2.05, 4.69) is 17.0 Å². The van der Waals surface area contributed by atoms with Gasteiger partial charge < -0.3 is 10.8 Å². The van der Waals surface area contributed by atoms with Gasteiger partial charge in [-0.05, 0) is 54.5 Å². The third kappa shape index (κ3) is 5.10. The number of phenols is 1. The zero-order valence-corrected chi connectivity index (χ0v) is 28.4. The average Bonchev–Trinajstić information content (AvgIpc) is 3.47. The summed E-state index contributed by atoms with van der Waals surface area (Å²) in [5.74, 6) is -9.38. The summed E-state index contributed by atoms with van der Waals surface area (Å²) in [7, 11) is 0. The number of halogens is 5. The first-order valence-corrected chi connectivity index (χ1v) is 16.8. The van der Waals surface area contributed by atoms with Gasteiger partial charge in [-0.3, -0.25) is 24.6 Å². The molecule has 0 radical (unpaired) electrons. The fourth-order valence-electron chi connectivity index (χ4n) is 8.51. The zero-order valence-electron chi connectivity index (χ0n) is 26.9. The number of phenolic OH excluding ortho intramolecular Hbond substituents is 1. The normalized spacial score (nSPS) is 26.9. The second-order valence-corrected chi connectivity index (χ2v) is 14.0. The molecular formula is C36H28Cl2F3N5O6. The summed E-state index contributed by atoms with van der Waals surface area (Å²) >= 11 is 12.5. The number of para-hydroxylation sites is 1. The van der Waals surface area contributed by atoms with E-state index in [-0.39, 0.29) is 30.6 Å². The molecule has 2 saturated heterocycles. The van der Waals surface area contributed by atoms with Crippen LogP contribution in [0, 0.1) is 23.7 Å². The number of nitrogens with two attached hydrogens (primary N) is 1. The van der Waals surface area contributed by atoms with Crippen LogP contribution < -0.4 is 11.2 Å². The highest BCUT2D eigenvalue weighted by atomic mass is 35.5. The van der Waals surface area contributed by atoms with Gasteiger partial charge in [-0.2, -0.15) is 23.1 Å². The molecule has 16 heteroatoms. The van der Waals surface area contributed by atoms with Crippen molar-refractivity contribution in [3.63, 3.8) is 0 Å². The number of hydrogen-bond acceptors (Lipinski definition) is 8. The molecule has 0 bridgehead atoms. The van der Waals surface area contributed by atoms with Crippen LogP contribution in [0.3, 0.4) is 0 Å². The smallest absolute Gasteiger partial charge is 0.417 e. The quantitative estimate of drug-likeness (QED) is 0.207. The molecular weight excluding hydrogens is 726 g/mol. The number of hydrazine groups is 1. The van der Waals surface area contributed by atoms with Crippen molar-refractivity contribution in [2.75, 3.05) is 5.43 Å². The van der Waals surface area contributed by atoms with E-state index in [4.69, 9.17) is 28.9 Å². The van der Waals surface area contributed by atoms with E-state index in [1.807, 2.05) is 0 Å². The van der Waals surface area contributed by atoms with Gasteiger partial charge >= 0.3 is 12.2 Å². The minimum absolute atomic E-state index is 0.00892. The Kier molecular flexibility index (Phi) is 8.45. The molecule has 6 unspecified atom stereocenters. The van der Waals surface area contributed by atoms with Gasteiger partial charge in [0.2, 0.25) is 11.8 Å². The Morgan fingerprint density at radius 1 is 1.08 bits per heavy atom. The molecule has 0 spiro atoms. The highest BCUT2D eigenvalue weighted by Gasteiger charge is 2.71. The highest BCUT2D eigenvalue weighted by Crippen LogP contribution is 2.65. The molecule has 2 aliphatic carbocycles. The van der Waals surface area contributed by atoms with E-state index >= 15 is 4.79 Å². The number of urea groups is 1. The number of primary amides is 1. The number of aromatic nitrogens is 1. The molecule has 3 aromatic rings. The van der Waals surface area contributed by atoms with Crippen molar-refractivity contribution in [3.8, 4) is 5.75 Å². The van der Waals surface area contributed by atoms with Crippen molar-refractivity contribution in [2.24, 2.45) is 29.4 Å². The van der Waals surface area contributed by atoms with Gasteiger partial charge in [0, 0.05) is 22.7 Å². The van der Waals surface area contributed by atoms with Gasteiger partial charge in [0.15, 0.2) is 5.82 Å². The molecule has 4 aliphatic rings. The Labute approximate surface area is 303 Å². The first-order valence-electron chi connectivity index (χ1n) is 16.1. The number of hydrogen-bond donors (Lipinski definition) is 3. The molecule has 2 aliphatic heterocycles. The van der Waals surface area contributed by atoms with Gasteiger partial charge in [0.25, 0.3) is 11.8 Å². The molecule has 11 nitrogen and oxygen atoms in total. The van der Waals surface area contributed by atoms with Crippen molar-refractivity contribution in [3.05, 3.63) is 111 Å². The predicted molar refractivity (Wildman–Crippen MR) is 180 cm³/mol. The van der Waals surface area contributed by atoms with E-state index in [0.29, 0.717) is 43.9 Å². The number of carbonyl (C=O) groups is 5. The topological polar surface area (TPSA) is 163 Å². The second-order valence-electron chi connectivity index (χ2n) is 13.1. The molecule has 268 valence electrons. The molecule has 7 rings (SSSR count). The zero-order chi connectivity index (χ0) is 37.4. The van der Waals surface area contributed by atoms with Gasteiger partial charge in [-0.25, -0.2) is 9.78 Å². The number of alkyl halides is 3. The number of carbonyl (C=O) groups excluding carboxylic acids is 5. The number of allylic oxidation sites excluding steroid dienone is 3. The number of anilines is 1. The third-order valence-corrected chi connectivity index (χ3v) is 11.1. The van der Waals surface area contributed by atoms with E-state index < -0.39 is 87.2 Å². The summed E-state index contributed by atoms with van der Waals surface area (Å²) in [4.78, 5) is 73.4. The Bertz CT molecular complexity index is 2130. The van der Waals surface area contributed by atoms with E-state index in [1.54, 1.807) is 42.5 Å². The first-order chi connectivity index (χ1) is 24.6. The minimum atomic E-state index is -4.78. The summed E-state index contributed by atoms with van der Waals surface area (Å²) in [5.41, 5.74) is 6.43. The lowest BCUT2D eigenvalue weighted by Crippen LogP contribution is -2.53. The maximum atomic E-state index is 15.2. The van der Waals surface area contributed by atoms with Crippen molar-refractivity contribution >= 4 is 58.7 Å². The van der Waals surface area contributed by atoms with Crippen LogP contribution in [-0.4, -0.2) is 49.7 Å². The van der Waals surface area contributed by atoms with Crippen molar-refractivity contribution in [1.29, 1.82) is 0 Å². The molecule has 4 N–H and O–H groups in total. The lowest BCUT2D eigenvalue weighted by atomic mass is 9.49. The van der Waals surface area contributed by atoms with Crippen LogP contribution in [0.4, 0.5) is 23.8 Å². The number of amides is 6. The van der Waals surface area contributed by atoms with Crippen LogP contribution in [0.5, 0.6) is 5.75 Å². The number of fused-ring (bicyclic) bond motifs is 4. The maximum absolute atomic E-state index is 15.2. The highest BCUT2D eigenvalue weighted by molar-refractivity contribution is 6.33. The Morgan fingerprint density at radius 2 is 1.79 bits per heavy atom. The molecule has 52 heavy (non-hydrogen) atoms. The first kappa shape index (κ1) is 35.2. The molecule has 6 amide bonds. The van der Waals surface area contributed by atoms with E-state index in [1.165, 1.54) is 12.1 Å². The standard InChI is InChI=1S/C36H28Cl2F3N5O6/c1-2-4-16-5-3-6-22(28(16)47)27-20-11-12-21-26(32(50)45(30(21)48)34(42)52)23(20)14-24-31(49)46(33(51)35(24,27)17-7-9-19(37)10-8-17)44-29-25(38)13-18(15-43-29)36(39,40)41/h2-3,5-11,13,15,21,23-24,26-27,47H,1,4,12,14H2,(H2,42,52)(H,43,44). The lowest BCUT2D eigenvalue weighted by Gasteiger charge is -2.50. The second kappa shape index (κ2) is 12.5. The van der Waals surface area contributed by atoms with Crippen LogP contribution in [-0.2, 0) is 37.2 Å². The lowest BCUT2D eigenvalue weighted by molar-refractivity contribution is -0.140. The van der Waals surface area contributed by atoms with Crippen LogP contribution in [0.1, 0.15) is 41.0 Å². The Hall–Kier alpha value is -5.21. The van der Waals surface area contributed by atoms with Crippen molar-refractivity contribution in [2.45, 2.75) is 36.8 Å². The minimum Gasteiger partial charge on any atom is -0.507 e. The number of rotatable bonds is 6. The molecule has 1 saturated carbocycles. The number of aromatic hydroxyl groups is 1. The van der Waals surface area contributed by atoms with E-state index in [9.17, 15) is 37.5 Å². The Balaban J connectivity index is 1.47. The van der Waals surface area contributed by atoms with Gasteiger partial charge in [0.1, 0.15) is 5.75 Å². The molecule has 6 atom stereocenters. The molecule has 3 heterocycles. The number of nitrogens with one attached hydrogen (secondary N) is 1. The van der Waals surface area contributed by atoms with Crippen LogP contribution in [0.2, 0.25) is 10.0 Å².